The Labute approximate surface area is 167 Å². The van der Waals surface area contributed by atoms with Crippen molar-refractivity contribution in [3.8, 4) is 11.6 Å². The summed E-state index contributed by atoms with van der Waals surface area (Å²) in [7, 11) is 0. The molecule has 0 saturated carbocycles. The Morgan fingerprint density at radius 3 is 2.28 bits per heavy atom. The van der Waals surface area contributed by atoms with Crippen molar-refractivity contribution in [1.82, 2.24) is 14.5 Å². The molecule has 4 nitrogen and oxygen atoms in total. The third kappa shape index (κ3) is 5.25. The fourth-order valence-corrected chi connectivity index (χ4v) is 3.20. The van der Waals surface area contributed by atoms with Gasteiger partial charge in [0, 0.05) is 23.7 Å². The summed E-state index contributed by atoms with van der Waals surface area (Å²) in [5.74, 6) is -1.22. The fourth-order valence-electron chi connectivity index (χ4n) is 3.20. The summed E-state index contributed by atoms with van der Waals surface area (Å²) in [6.07, 6.45) is -2.99. The van der Waals surface area contributed by atoms with E-state index in [1.807, 2.05) is 27.7 Å². The predicted octanol–water partition coefficient (Wildman–Crippen LogP) is 5.78. The molecule has 29 heavy (non-hydrogen) atoms. The maximum Gasteiger partial charge on any atom is 0.391 e. The van der Waals surface area contributed by atoms with Crippen molar-refractivity contribution in [2.75, 3.05) is 0 Å². The number of ether oxygens (including phenoxy) is 1. The number of nitrogens with zero attached hydrogens (tertiary/aromatic N) is 3. The van der Waals surface area contributed by atoms with Crippen molar-refractivity contribution in [1.29, 1.82) is 0 Å². The highest BCUT2D eigenvalue weighted by molar-refractivity contribution is 5.46. The molecule has 2 aromatic rings. The lowest BCUT2D eigenvalue weighted by molar-refractivity contribution is -0.169. The molecule has 2 aromatic heterocycles. The highest BCUT2D eigenvalue weighted by atomic mass is 19.4. The smallest absolute Gasteiger partial charge is 0.391 e. The van der Waals surface area contributed by atoms with Crippen molar-refractivity contribution in [3.05, 3.63) is 35.0 Å². The Hall–Kier alpha value is -2.19. The molecule has 2 rings (SSSR count). The van der Waals surface area contributed by atoms with Crippen LogP contribution in [0.1, 0.15) is 57.4 Å². The van der Waals surface area contributed by atoms with Gasteiger partial charge in [0.15, 0.2) is 11.6 Å². The van der Waals surface area contributed by atoms with Gasteiger partial charge < -0.3 is 4.74 Å². The number of hydrogen-bond donors (Lipinski definition) is 0. The lowest BCUT2D eigenvalue weighted by Gasteiger charge is -2.19. The van der Waals surface area contributed by atoms with Crippen LogP contribution in [0.3, 0.4) is 0 Å². The van der Waals surface area contributed by atoms with Gasteiger partial charge in [-0.3, -0.25) is 4.57 Å². The lowest BCUT2D eigenvalue weighted by Crippen LogP contribution is -2.22. The number of imidazole rings is 1. The van der Waals surface area contributed by atoms with E-state index in [0.29, 0.717) is 12.2 Å². The van der Waals surface area contributed by atoms with Crippen molar-refractivity contribution in [2.45, 2.75) is 72.6 Å². The fraction of sp³-hybridized carbons (Fsp3) is 0.600. The van der Waals surface area contributed by atoms with E-state index < -0.39 is 18.7 Å². The van der Waals surface area contributed by atoms with Gasteiger partial charge in [-0.2, -0.15) is 22.0 Å². The first kappa shape index (κ1) is 23.1. The summed E-state index contributed by atoms with van der Waals surface area (Å²) in [6.45, 7) is 7.53. The van der Waals surface area contributed by atoms with E-state index in [4.69, 9.17) is 0 Å². The molecule has 0 fully saturated rings. The number of halogens is 5. The standard InChI is InChI=1S/C20H26F5N3O/c1-7-15-27-16(19(4,5)6)12(3)28(15)17-14(29-18(21)22)9-13(10-26-17)8-11(2)20(23,24)25/h9-11,18H,7-8H2,1-6H3. The topological polar surface area (TPSA) is 39.9 Å². The second-order valence-corrected chi connectivity index (χ2v) is 8.09. The molecule has 0 aliphatic carbocycles. The van der Waals surface area contributed by atoms with Crippen LogP contribution in [0, 0.1) is 12.8 Å². The summed E-state index contributed by atoms with van der Waals surface area (Å²) in [5.41, 5.74) is 1.39. The van der Waals surface area contributed by atoms with Gasteiger partial charge in [0.1, 0.15) is 5.82 Å². The molecule has 0 saturated heterocycles. The monoisotopic (exact) mass is 419 g/mol. The molecule has 0 bridgehead atoms. The Morgan fingerprint density at radius 1 is 1.17 bits per heavy atom. The molecule has 0 radical (unpaired) electrons. The Bertz CT molecular complexity index is 853. The van der Waals surface area contributed by atoms with Crippen molar-refractivity contribution < 1.29 is 26.7 Å². The molecule has 0 amide bonds. The molecule has 2 heterocycles. The number of hydrogen-bond acceptors (Lipinski definition) is 3. The molecule has 0 N–H and O–H groups in total. The average molecular weight is 419 g/mol. The van der Waals surface area contributed by atoms with Gasteiger partial charge in [-0.15, -0.1) is 0 Å². The van der Waals surface area contributed by atoms with Crippen LogP contribution >= 0.6 is 0 Å². The minimum atomic E-state index is -4.39. The molecule has 0 spiro atoms. The van der Waals surface area contributed by atoms with Crippen LogP contribution in [-0.4, -0.2) is 27.3 Å². The summed E-state index contributed by atoms with van der Waals surface area (Å²) >= 11 is 0. The van der Waals surface area contributed by atoms with Gasteiger partial charge >= 0.3 is 12.8 Å². The molecular weight excluding hydrogens is 393 g/mol. The number of pyridine rings is 1. The van der Waals surface area contributed by atoms with Crippen LogP contribution in [0.5, 0.6) is 5.75 Å². The van der Waals surface area contributed by atoms with Gasteiger partial charge in [0.2, 0.25) is 0 Å². The summed E-state index contributed by atoms with van der Waals surface area (Å²) < 4.78 is 70.9. The van der Waals surface area contributed by atoms with Gasteiger partial charge in [0.05, 0.1) is 11.6 Å². The Kier molecular flexibility index (Phi) is 6.59. The summed E-state index contributed by atoms with van der Waals surface area (Å²) in [4.78, 5) is 8.83. The SMILES string of the molecule is CCc1nc(C(C)(C)C)c(C)n1-c1ncc(CC(C)C(F)(F)F)cc1OC(F)F. The van der Waals surface area contributed by atoms with Crippen molar-refractivity contribution in [3.63, 3.8) is 0 Å². The minimum Gasteiger partial charge on any atom is -0.431 e. The van der Waals surface area contributed by atoms with E-state index in [0.717, 1.165) is 18.3 Å². The van der Waals surface area contributed by atoms with Gasteiger partial charge in [0.25, 0.3) is 0 Å². The van der Waals surface area contributed by atoms with Crippen LogP contribution in [0.25, 0.3) is 5.82 Å². The van der Waals surface area contributed by atoms with E-state index >= 15 is 0 Å². The lowest BCUT2D eigenvalue weighted by atomic mass is 9.91. The quantitative estimate of drug-likeness (QED) is 0.558. The molecule has 162 valence electrons. The van der Waals surface area contributed by atoms with E-state index in [1.165, 1.54) is 12.3 Å². The maximum atomic E-state index is 13.0. The van der Waals surface area contributed by atoms with Gasteiger partial charge in [-0.25, -0.2) is 9.97 Å². The second-order valence-electron chi connectivity index (χ2n) is 8.09. The molecule has 1 atom stereocenters. The highest BCUT2D eigenvalue weighted by Crippen LogP contribution is 2.34. The first-order chi connectivity index (χ1) is 13.3. The van der Waals surface area contributed by atoms with E-state index in [9.17, 15) is 22.0 Å². The second kappa shape index (κ2) is 8.28. The van der Waals surface area contributed by atoms with Crippen LogP contribution < -0.4 is 4.74 Å². The molecule has 1 unspecified atom stereocenters. The summed E-state index contributed by atoms with van der Waals surface area (Å²) in [5, 5.41) is 0. The Morgan fingerprint density at radius 2 is 1.79 bits per heavy atom. The average Bonchev–Trinajstić information content (AvgIpc) is 2.90. The molecular formula is C20H26F5N3O. The summed E-state index contributed by atoms with van der Waals surface area (Å²) in [6, 6.07) is 1.20. The minimum absolute atomic E-state index is 0.0889. The first-order valence-corrected chi connectivity index (χ1v) is 9.35. The number of alkyl halides is 5. The molecule has 0 aromatic carbocycles. The van der Waals surface area contributed by atoms with Crippen LogP contribution in [0.2, 0.25) is 0 Å². The first-order valence-electron chi connectivity index (χ1n) is 9.35. The Balaban J connectivity index is 2.60. The van der Waals surface area contributed by atoms with E-state index in [-0.39, 0.29) is 29.0 Å². The van der Waals surface area contributed by atoms with Crippen LogP contribution in [0.4, 0.5) is 22.0 Å². The van der Waals surface area contributed by atoms with E-state index in [2.05, 4.69) is 14.7 Å². The number of aryl methyl sites for hydroxylation is 1. The van der Waals surface area contributed by atoms with Gasteiger partial charge in [-0.1, -0.05) is 34.6 Å². The van der Waals surface area contributed by atoms with Crippen molar-refractivity contribution >= 4 is 0 Å². The highest BCUT2D eigenvalue weighted by Gasteiger charge is 2.36. The van der Waals surface area contributed by atoms with Crippen molar-refractivity contribution in [2.24, 2.45) is 5.92 Å². The zero-order valence-corrected chi connectivity index (χ0v) is 17.4. The largest absolute Gasteiger partial charge is 0.431 e. The zero-order valence-electron chi connectivity index (χ0n) is 17.4. The third-order valence-electron chi connectivity index (χ3n) is 4.62. The molecule has 0 aliphatic heterocycles. The number of aromatic nitrogens is 3. The van der Waals surface area contributed by atoms with E-state index in [1.54, 1.807) is 11.5 Å². The number of rotatable bonds is 6. The predicted molar refractivity (Wildman–Crippen MR) is 99.7 cm³/mol. The normalized spacial score (nSPS) is 13.8. The third-order valence-corrected chi connectivity index (χ3v) is 4.62. The zero-order chi connectivity index (χ0) is 22.1. The molecule has 9 heteroatoms. The van der Waals surface area contributed by atoms with Gasteiger partial charge in [-0.05, 0) is 25.0 Å². The van der Waals surface area contributed by atoms with Crippen LogP contribution in [0.15, 0.2) is 12.3 Å². The van der Waals surface area contributed by atoms with Crippen LogP contribution in [-0.2, 0) is 18.3 Å². The molecule has 0 aliphatic rings. The maximum absolute atomic E-state index is 13.0.